The number of aliphatic hydroxyl groups excluding tert-OH is 1. The Kier molecular flexibility index (Phi) is 7.92. The SMILES string of the molecule is COc1ccc([Si](C)(C)[C@@H]2[C@@H](CCO)O[C@]3(C(=O)N(Cc4cccc(N5CCCC5=O)c4)c4ccc(Cl)cc43)[C@H]2C)cc1. The molecule has 1 N–H and O–H groups in total. The Hall–Kier alpha value is -3.17. The minimum atomic E-state index is -2.26. The van der Waals surface area contributed by atoms with Crippen LogP contribution in [0.5, 0.6) is 5.75 Å². The zero-order valence-electron chi connectivity index (χ0n) is 25.2. The second kappa shape index (κ2) is 11.4. The van der Waals surface area contributed by atoms with E-state index in [1.807, 2.05) is 64.4 Å². The van der Waals surface area contributed by atoms with Gasteiger partial charge in [0.15, 0.2) is 5.60 Å². The molecular weight excluding hydrogens is 580 g/mol. The van der Waals surface area contributed by atoms with Crippen LogP contribution in [0.25, 0.3) is 0 Å². The highest BCUT2D eigenvalue weighted by atomic mass is 35.5. The van der Waals surface area contributed by atoms with Crippen molar-refractivity contribution >= 4 is 48.1 Å². The van der Waals surface area contributed by atoms with Crippen LogP contribution >= 0.6 is 11.6 Å². The predicted molar refractivity (Wildman–Crippen MR) is 172 cm³/mol. The lowest BCUT2D eigenvalue weighted by molar-refractivity contribution is -0.146. The highest BCUT2D eigenvalue weighted by Gasteiger charge is 2.66. The largest absolute Gasteiger partial charge is 0.497 e. The lowest BCUT2D eigenvalue weighted by Crippen LogP contribution is -2.51. The molecule has 0 saturated carbocycles. The summed E-state index contributed by atoms with van der Waals surface area (Å²) in [5, 5.41) is 11.9. The number of aliphatic hydroxyl groups is 1. The summed E-state index contributed by atoms with van der Waals surface area (Å²) >= 11 is 6.58. The monoisotopic (exact) mass is 618 g/mol. The first-order valence-corrected chi connectivity index (χ1v) is 18.5. The van der Waals surface area contributed by atoms with E-state index in [4.69, 9.17) is 21.1 Å². The van der Waals surface area contributed by atoms with Gasteiger partial charge in [0.1, 0.15) is 5.75 Å². The lowest BCUT2D eigenvalue weighted by Gasteiger charge is -2.37. The molecule has 3 heterocycles. The number of rotatable bonds is 8. The molecule has 3 aromatic rings. The van der Waals surface area contributed by atoms with Crippen LogP contribution in [0.4, 0.5) is 11.4 Å². The number of benzene rings is 3. The first kappa shape index (κ1) is 29.9. The average Bonchev–Trinajstić information content (AvgIpc) is 3.63. The van der Waals surface area contributed by atoms with Crippen LogP contribution in [0.1, 0.15) is 37.3 Å². The Labute approximate surface area is 259 Å². The number of ether oxygens (including phenoxy) is 2. The molecule has 2 saturated heterocycles. The molecule has 0 unspecified atom stereocenters. The standard InChI is InChI=1S/C34H39ClN2O5Si/c1-22-32(43(3,4)27-13-11-26(41-2)12-14-27)30(16-18-38)42-34(22)28-20-24(35)10-15-29(28)37(33(34)40)21-23-7-5-8-25(19-23)36-17-6-9-31(36)39/h5,7-8,10-15,19-20,22,30,32,38H,6,9,16-18,21H2,1-4H3/t22-,30+,32-,34+/m0/s1. The van der Waals surface area contributed by atoms with Crippen molar-refractivity contribution in [1.29, 1.82) is 0 Å². The highest BCUT2D eigenvalue weighted by molar-refractivity contribution is 6.91. The molecular formula is C34H39ClN2O5Si. The van der Waals surface area contributed by atoms with E-state index < -0.39 is 13.7 Å². The number of amides is 2. The third kappa shape index (κ3) is 4.88. The molecule has 0 aromatic heterocycles. The summed E-state index contributed by atoms with van der Waals surface area (Å²) in [7, 11) is -0.601. The zero-order chi connectivity index (χ0) is 30.5. The van der Waals surface area contributed by atoms with Crippen LogP contribution in [0.3, 0.4) is 0 Å². The summed E-state index contributed by atoms with van der Waals surface area (Å²) in [6.07, 6.45) is 1.56. The van der Waals surface area contributed by atoms with Crippen molar-refractivity contribution in [1.82, 2.24) is 0 Å². The van der Waals surface area contributed by atoms with Crippen LogP contribution < -0.4 is 19.7 Å². The summed E-state index contributed by atoms with van der Waals surface area (Å²) in [6, 6.07) is 21.7. The first-order valence-electron chi connectivity index (χ1n) is 15.1. The zero-order valence-corrected chi connectivity index (χ0v) is 26.9. The summed E-state index contributed by atoms with van der Waals surface area (Å²) in [5.41, 5.74) is 2.20. The molecule has 9 heteroatoms. The molecule has 3 aromatic carbocycles. The van der Waals surface area contributed by atoms with Crippen molar-refractivity contribution < 1.29 is 24.2 Å². The summed E-state index contributed by atoms with van der Waals surface area (Å²) in [4.78, 5) is 30.8. The number of halogens is 1. The fourth-order valence-electron chi connectivity index (χ4n) is 7.77. The van der Waals surface area contributed by atoms with Gasteiger partial charge in [0.25, 0.3) is 5.91 Å². The fraction of sp³-hybridized carbons (Fsp3) is 0.412. The van der Waals surface area contributed by atoms with Gasteiger partial charge in [-0.2, -0.15) is 0 Å². The van der Waals surface area contributed by atoms with Gasteiger partial charge >= 0.3 is 0 Å². The van der Waals surface area contributed by atoms with Gasteiger partial charge in [-0.25, -0.2) is 0 Å². The number of anilines is 2. The summed E-state index contributed by atoms with van der Waals surface area (Å²) < 4.78 is 12.4. The van der Waals surface area contributed by atoms with Gasteiger partial charge in [0.05, 0.1) is 33.5 Å². The number of methoxy groups -OCH3 is 1. The van der Waals surface area contributed by atoms with E-state index in [2.05, 4.69) is 32.2 Å². The van der Waals surface area contributed by atoms with Gasteiger partial charge in [-0.3, -0.25) is 9.59 Å². The van der Waals surface area contributed by atoms with Crippen LogP contribution in [0, 0.1) is 5.92 Å². The summed E-state index contributed by atoms with van der Waals surface area (Å²) in [6.45, 7) is 7.80. The van der Waals surface area contributed by atoms with Crippen molar-refractivity contribution in [3.05, 3.63) is 82.9 Å². The molecule has 2 fully saturated rings. The normalized spacial score (nSPS) is 25.2. The van der Waals surface area contributed by atoms with Crippen LogP contribution in [-0.2, 0) is 26.5 Å². The first-order chi connectivity index (χ1) is 20.6. The second-order valence-corrected chi connectivity index (χ2v) is 17.7. The molecule has 1 spiro atoms. The molecule has 226 valence electrons. The highest BCUT2D eigenvalue weighted by Crippen LogP contribution is 2.60. The number of carbonyl (C=O) groups is 2. The van der Waals surface area contributed by atoms with Gasteiger partial charge in [-0.15, -0.1) is 0 Å². The quantitative estimate of drug-likeness (QED) is 0.332. The minimum Gasteiger partial charge on any atom is -0.497 e. The van der Waals surface area contributed by atoms with Crippen LogP contribution in [0.15, 0.2) is 66.7 Å². The third-order valence-corrected chi connectivity index (χ3v) is 14.4. The minimum absolute atomic E-state index is 0.0284. The van der Waals surface area contributed by atoms with E-state index in [9.17, 15) is 14.7 Å². The maximum absolute atomic E-state index is 14.8. The van der Waals surface area contributed by atoms with Gasteiger partial charge in [0, 0.05) is 41.8 Å². The number of hydrogen-bond donors (Lipinski definition) is 1. The Bertz CT molecular complexity index is 1550. The number of hydrogen-bond acceptors (Lipinski definition) is 5. The lowest BCUT2D eigenvalue weighted by atomic mass is 9.82. The Morgan fingerprint density at radius 3 is 2.53 bits per heavy atom. The van der Waals surface area contributed by atoms with Crippen molar-refractivity contribution in [2.45, 2.75) is 63.1 Å². The van der Waals surface area contributed by atoms with E-state index >= 15 is 0 Å². The van der Waals surface area contributed by atoms with Crippen molar-refractivity contribution in [2.24, 2.45) is 5.92 Å². The second-order valence-electron chi connectivity index (χ2n) is 12.5. The van der Waals surface area contributed by atoms with Gasteiger partial charge in [-0.1, -0.05) is 61.1 Å². The smallest absolute Gasteiger partial charge is 0.264 e. The third-order valence-electron chi connectivity index (χ3n) is 9.85. The summed E-state index contributed by atoms with van der Waals surface area (Å²) in [5.74, 6) is 0.656. The Morgan fingerprint density at radius 1 is 1.09 bits per heavy atom. The number of nitrogens with zero attached hydrogens (tertiary/aromatic N) is 2. The molecule has 3 aliphatic heterocycles. The molecule has 0 aliphatic carbocycles. The van der Waals surface area contributed by atoms with Crippen molar-refractivity contribution in [3.63, 3.8) is 0 Å². The molecule has 4 atom stereocenters. The fourth-order valence-corrected chi connectivity index (χ4v) is 12.0. The molecule has 0 bridgehead atoms. The maximum Gasteiger partial charge on any atom is 0.264 e. The molecule has 43 heavy (non-hydrogen) atoms. The molecule has 3 aliphatic rings. The van der Waals surface area contributed by atoms with E-state index in [1.54, 1.807) is 7.11 Å². The predicted octanol–water partition coefficient (Wildman–Crippen LogP) is 5.62. The van der Waals surface area contributed by atoms with E-state index in [0.717, 1.165) is 34.7 Å². The number of fused-ring (bicyclic) bond motifs is 2. The van der Waals surface area contributed by atoms with Crippen molar-refractivity contribution in [2.75, 3.05) is 30.1 Å². The molecule has 6 rings (SSSR count). The van der Waals surface area contributed by atoms with E-state index in [0.29, 0.717) is 31.0 Å². The van der Waals surface area contributed by atoms with Gasteiger partial charge in [0.2, 0.25) is 5.91 Å². The van der Waals surface area contributed by atoms with Crippen LogP contribution in [-0.4, -0.2) is 51.4 Å². The molecule has 2 amide bonds. The van der Waals surface area contributed by atoms with E-state index in [-0.39, 0.29) is 36.0 Å². The maximum atomic E-state index is 14.8. The Morgan fingerprint density at radius 2 is 1.86 bits per heavy atom. The number of carbonyl (C=O) groups excluding carboxylic acids is 2. The topological polar surface area (TPSA) is 79.3 Å². The van der Waals surface area contributed by atoms with E-state index in [1.165, 1.54) is 5.19 Å². The molecule has 7 nitrogen and oxygen atoms in total. The van der Waals surface area contributed by atoms with Crippen LogP contribution in [0.2, 0.25) is 23.7 Å². The Balaban J connectivity index is 1.39. The van der Waals surface area contributed by atoms with Gasteiger partial charge < -0.3 is 24.4 Å². The van der Waals surface area contributed by atoms with Crippen molar-refractivity contribution in [3.8, 4) is 5.75 Å². The molecule has 0 radical (unpaired) electrons. The average molecular weight is 619 g/mol. The van der Waals surface area contributed by atoms with Gasteiger partial charge in [-0.05, 0) is 66.4 Å².